The third-order valence-corrected chi connectivity index (χ3v) is 6.45. The number of rotatable bonds is 8. The van der Waals surface area contributed by atoms with Gasteiger partial charge >= 0.3 is 5.97 Å². The van der Waals surface area contributed by atoms with Crippen LogP contribution in [0.3, 0.4) is 0 Å². The van der Waals surface area contributed by atoms with Gasteiger partial charge in [-0.05, 0) is 48.7 Å². The van der Waals surface area contributed by atoms with Crippen LogP contribution in [0.4, 0.5) is 0 Å². The number of fused-ring (bicyclic) bond motifs is 1. The van der Waals surface area contributed by atoms with Crippen molar-refractivity contribution < 1.29 is 28.8 Å². The molecule has 1 atom stereocenters. The number of aliphatic hydroxyl groups is 1. The normalized spacial score (nSPS) is 15.6. The van der Waals surface area contributed by atoms with Gasteiger partial charge in [-0.1, -0.05) is 66.7 Å². The van der Waals surface area contributed by atoms with Crippen LogP contribution in [-0.2, 0) is 19.6 Å². The van der Waals surface area contributed by atoms with Gasteiger partial charge in [0.15, 0.2) is 0 Å². The summed E-state index contributed by atoms with van der Waals surface area (Å²) in [6.07, 6.45) is -0.143. The number of benzene rings is 4. The number of aliphatic hydroxyl groups excluding tert-OH is 1. The summed E-state index contributed by atoms with van der Waals surface area (Å²) in [6.45, 7) is 4.36. The zero-order valence-corrected chi connectivity index (χ0v) is 21.4. The van der Waals surface area contributed by atoms with Crippen LogP contribution in [0.15, 0.2) is 97.1 Å². The maximum atomic E-state index is 13.2. The smallest absolute Gasteiger partial charge is 0.343 e. The van der Waals surface area contributed by atoms with E-state index in [1.807, 2.05) is 80.6 Å². The Morgan fingerprint density at radius 3 is 1.97 bits per heavy atom. The minimum absolute atomic E-state index is 0.299. The first-order valence-electron chi connectivity index (χ1n) is 12.6. The van der Waals surface area contributed by atoms with E-state index in [2.05, 4.69) is 0 Å². The van der Waals surface area contributed by atoms with Crippen molar-refractivity contribution in [3.8, 4) is 23.0 Å². The molecule has 0 saturated carbocycles. The second kappa shape index (κ2) is 11.0. The Morgan fingerprint density at radius 1 is 0.816 bits per heavy atom. The maximum absolute atomic E-state index is 13.2. The van der Waals surface area contributed by atoms with Crippen molar-refractivity contribution in [1.82, 2.24) is 0 Å². The molecule has 0 amide bonds. The molecular formula is C32H30O6. The number of esters is 1. The molecule has 6 nitrogen and oxygen atoms in total. The quantitative estimate of drug-likeness (QED) is 0.227. The largest absolute Gasteiger partial charge is 0.489 e. The first-order valence-corrected chi connectivity index (χ1v) is 12.6. The van der Waals surface area contributed by atoms with Crippen LogP contribution < -0.4 is 18.9 Å². The monoisotopic (exact) mass is 510 g/mol. The summed E-state index contributed by atoms with van der Waals surface area (Å²) in [7, 11) is 0. The van der Waals surface area contributed by atoms with Crippen LogP contribution in [0.1, 0.15) is 40.9 Å². The molecule has 0 aromatic heterocycles. The van der Waals surface area contributed by atoms with E-state index in [0.717, 1.165) is 16.7 Å². The Kier molecular flexibility index (Phi) is 7.33. The highest BCUT2D eigenvalue weighted by Gasteiger charge is 2.35. The van der Waals surface area contributed by atoms with E-state index in [1.165, 1.54) is 0 Å². The van der Waals surface area contributed by atoms with Crippen molar-refractivity contribution in [3.63, 3.8) is 0 Å². The first kappa shape index (κ1) is 25.4. The van der Waals surface area contributed by atoms with Gasteiger partial charge in [0.25, 0.3) is 0 Å². The zero-order valence-electron chi connectivity index (χ0n) is 21.4. The Balaban J connectivity index is 1.36. The molecule has 1 unspecified atom stereocenters. The van der Waals surface area contributed by atoms with Crippen molar-refractivity contribution in [2.24, 2.45) is 0 Å². The second-order valence-corrected chi connectivity index (χ2v) is 9.83. The molecule has 0 spiro atoms. The number of carbonyl (C=O) groups excluding carboxylic acids is 1. The van der Waals surface area contributed by atoms with Crippen molar-refractivity contribution in [2.45, 2.75) is 45.2 Å². The summed E-state index contributed by atoms with van der Waals surface area (Å²) in [6, 6.07) is 29.9. The van der Waals surface area contributed by atoms with E-state index >= 15 is 0 Å². The van der Waals surface area contributed by atoms with E-state index < -0.39 is 17.7 Å². The van der Waals surface area contributed by atoms with Gasteiger partial charge in [0.2, 0.25) is 0 Å². The lowest BCUT2D eigenvalue weighted by molar-refractivity contribution is -0.0412. The molecule has 0 bridgehead atoms. The fourth-order valence-electron chi connectivity index (χ4n) is 4.17. The third kappa shape index (κ3) is 6.15. The standard InChI is InChI=1S/C32H30O6/c1-32(2)30(33)17-24-13-14-26(19-29(24)38-32)37-31(34)25-15-27(35-20-22-9-5-3-6-10-22)18-28(16-25)36-21-23-11-7-4-8-12-23/h3-16,18-19,30,33H,17,20-21H2,1-2H3. The zero-order chi connectivity index (χ0) is 26.5. The minimum Gasteiger partial charge on any atom is -0.489 e. The molecule has 1 aliphatic rings. The number of hydrogen-bond acceptors (Lipinski definition) is 6. The SMILES string of the molecule is CC1(C)Oc2cc(OC(=O)c3cc(OCc4ccccc4)cc(OCc4ccccc4)c3)ccc2CC1O. The van der Waals surface area contributed by atoms with E-state index in [-0.39, 0.29) is 0 Å². The maximum Gasteiger partial charge on any atom is 0.343 e. The molecule has 1 N–H and O–H groups in total. The summed E-state index contributed by atoms with van der Waals surface area (Å²) < 4.78 is 23.7. The summed E-state index contributed by atoms with van der Waals surface area (Å²) >= 11 is 0. The summed E-state index contributed by atoms with van der Waals surface area (Å²) in [5, 5.41) is 10.3. The average molecular weight is 511 g/mol. The lowest BCUT2D eigenvalue weighted by atomic mass is 9.91. The van der Waals surface area contributed by atoms with Gasteiger partial charge in [-0.3, -0.25) is 0 Å². The number of hydrogen-bond donors (Lipinski definition) is 1. The molecule has 1 aliphatic heterocycles. The van der Waals surface area contributed by atoms with Gasteiger partial charge in [0.05, 0.1) is 11.7 Å². The average Bonchev–Trinajstić information content (AvgIpc) is 2.92. The number of carbonyl (C=O) groups is 1. The molecule has 1 heterocycles. The van der Waals surface area contributed by atoms with E-state index in [9.17, 15) is 9.90 Å². The molecule has 0 aliphatic carbocycles. The van der Waals surface area contributed by atoms with Crippen LogP contribution in [0.5, 0.6) is 23.0 Å². The highest BCUT2D eigenvalue weighted by Crippen LogP contribution is 2.36. The lowest BCUT2D eigenvalue weighted by Gasteiger charge is -2.37. The van der Waals surface area contributed by atoms with Crippen LogP contribution in [0.25, 0.3) is 0 Å². The van der Waals surface area contributed by atoms with Crippen LogP contribution >= 0.6 is 0 Å². The van der Waals surface area contributed by atoms with Crippen LogP contribution in [0.2, 0.25) is 0 Å². The lowest BCUT2D eigenvalue weighted by Crippen LogP contribution is -2.46. The van der Waals surface area contributed by atoms with Crippen LogP contribution in [0, 0.1) is 0 Å². The summed E-state index contributed by atoms with van der Waals surface area (Å²) in [5.74, 6) is 1.39. The Hall–Kier alpha value is -4.29. The number of ether oxygens (including phenoxy) is 4. The molecule has 6 heteroatoms. The third-order valence-electron chi connectivity index (χ3n) is 6.45. The molecule has 4 aromatic carbocycles. The second-order valence-electron chi connectivity index (χ2n) is 9.83. The van der Waals surface area contributed by atoms with Gasteiger partial charge in [0, 0.05) is 18.6 Å². The van der Waals surface area contributed by atoms with E-state index in [0.29, 0.717) is 48.2 Å². The fourth-order valence-corrected chi connectivity index (χ4v) is 4.17. The minimum atomic E-state index is -0.731. The van der Waals surface area contributed by atoms with Crippen molar-refractivity contribution >= 4 is 5.97 Å². The molecule has 194 valence electrons. The Morgan fingerprint density at radius 2 is 1.39 bits per heavy atom. The Labute approximate surface area is 222 Å². The van der Waals surface area contributed by atoms with Crippen molar-refractivity contribution in [3.05, 3.63) is 119 Å². The molecule has 0 radical (unpaired) electrons. The van der Waals surface area contributed by atoms with E-state index in [1.54, 1.807) is 30.3 Å². The molecule has 0 saturated heterocycles. The van der Waals surface area contributed by atoms with Gasteiger partial charge in [0.1, 0.15) is 41.8 Å². The predicted octanol–water partition coefficient (Wildman–Crippen LogP) is 6.14. The van der Waals surface area contributed by atoms with Gasteiger partial charge in [-0.15, -0.1) is 0 Å². The molecule has 38 heavy (non-hydrogen) atoms. The van der Waals surface area contributed by atoms with Gasteiger partial charge in [-0.25, -0.2) is 4.79 Å². The molecule has 5 rings (SSSR count). The summed E-state index contributed by atoms with van der Waals surface area (Å²) in [5.41, 5.74) is 2.45. The van der Waals surface area contributed by atoms with Gasteiger partial charge < -0.3 is 24.1 Å². The highest BCUT2D eigenvalue weighted by atomic mass is 16.5. The first-order chi connectivity index (χ1) is 18.4. The summed E-state index contributed by atoms with van der Waals surface area (Å²) in [4.78, 5) is 13.2. The predicted molar refractivity (Wildman–Crippen MR) is 144 cm³/mol. The Bertz CT molecular complexity index is 1340. The molecule has 4 aromatic rings. The van der Waals surface area contributed by atoms with Crippen molar-refractivity contribution in [1.29, 1.82) is 0 Å². The van der Waals surface area contributed by atoms with Gasteiger partial charge in [-0.2, -0.15) is 0 Å². The molecular weight excluding hydrogens is 480 g/mol. The van der Waals surface area contributed by atoms with Crippen molar-refractivity contribution in [2.75, 3.05) is 0 Å². The van der Waals surface area contributed by atoms with E-state index in [4.69, 9.17) is 18.9 Å². The highest BCUT2D eigenvalue weighted by molar-refractivity contribution is 5.92. The fraction of sp³-hybridized carbons (Fsp3) is 0.219. The molecule has 0 fully saturated rings. The topological polar surface area (TPSA) is 74.2 Å². The van der Waals surface area contributed by atoms with Crippen LogP contribution in [-0.4, -0.2) is 22.8 Å².